The van der Waals surface area contributed by atoms with Crippen LogP contribution in [-0.4, -0.2) is 29.3 Å². The molecule has 2 amide bonds. The van der Waals surface area contributed by atoms with Crippen LogP contribution in [0.2, 0.25) is 0 Å². The monoisotopic (exact) mass is 339 g/mol. The molecule has 0 radical (unpaired) electrons. The van der Waals surface area contributed by atoms with Crippen LogP contribution < -0.4 is 11.5 Å². The molecule has 1 saturated heterocycles. The molecule has 2 rings (SSSR count). The van der Waals surface area contributed by atoms with Crippen LogP contribution in [0, 0.1) is 0 Å². The molecule has 0 aromatic heterocycles. The summed E-state index contributed by atoms with van der Waals surface area (Å²) < 4.78 is 0.982. The summed E-state index contributed by atoms with van der Waals surface area (Å²) in [5, 5.41) is 0. The number of hydrogen-bond acceptors (Lipinski definition) is 3. The van der Waals surface area contributed by atoms with Crippen LogP contribution in [0.5, 0.6) is 0 Å². The van der Waals surface area contributed by atoms with Crippen LogP contribution in [-0.2, 0) is 9.59 Å². The van der Waals surface area contributed by atoms with Gasteiger partial charge in [0.15, 0.2) is 0 Å². The highest BCUT2D eigenvalue weighted by Crippen LogP contribution is 2.33. The van der Waals surface area contributed by atoms with Gasteiger partial charge in [0.2, 0.25) is 11.8 Å². The van der Waals surface area contributed by atoms with Crippen LogP contribution in [0.15, 0.2) is 28.7 Å². The van der Waals surface area contributed by atoms with Gasteiger partial charge in [-0.25, -0.2) is 0 Å². The Kier molecular flexibility index (Phi) is 4.77. The molecule has 0 spiro atoms. The number of carbonyl (C=O) groups is 2. The predicted molar refractivity (Wildman–Crippen MR) is 79.6 cm³/mol. The second kappa shape index (κ2) is 6.37. The quantitative estimate of drug-likeness (QED) is 0.866. The zero-order valence-corrected chi connectivity index (χ0v) is 12.7. The molecule has 1 aromatic carbocycles. The molecular formula is C14H18BrN3O2. The molecule has 5 nitrogen and oxygen atoms in total. The SMILES string of the molecule is NC(=O)CC(N)C(=O)N1CCCC1c1cccc(Br)c1. The van der Waals surface area contributed by atoms with E-state index >= 15 is 0 Å². The Bertz CT molecular complexity index is 521. The summed E-state index contributed by atoms with van der Waals surface area (Å²) in [6.07, 6.45) is 1.73. The van der Waals surface area contributed by atoms with E-state index in [1.165, 1.54) is 0 Å². The van der Waals surface area contributed by atoms with Gasteiger partial charge in [-0.15, -0.1) is 0 Å². The molecule has 0 saturated carbocycles. The van der Waals surface area contributed by atoms with Crippen molar-refractivity contribution in [2.75, 3.05) is 6.54 Å². The van der Waals surface area contributed by atoms with Crippen LogP contribution in [0.25, 0.3) is 0 Å². The van der Waals surface area contributed by atoms with Crippen molar-refractivity contribution in [3.8, 4) is 0 Å². The zero-order valence-electron chi connectivity index (χ0n) is 11.1. The van der Waals surface area contributed by atoms with Crippen molar-refractivity contribution in [3.63, 3.8) is 0 Å². The molecule has 4 N–H and O–H groups in total. The van der Waals surface area contributed by atoms with E-state index in [9.17, 15) is 9.59 Å². The summed E-state index contributed by atoms with van der Waals surface area (Å²) in [5.74, 6) is -0.754. The van der Waals surface area contributed by atoms with Gasteiger partial charge in [-0.2, -0.15) is 0 Å². The van der Waals surface area contributed by atoms with Gasteiger partial charge in [-0.05, 0) is 30.5 Å². The van der Waals surface area contributed by atoms with Crippen molar-refractivity contribution in [1.82, 2.24) is 4.90 Å². The third-order valence-electron chi connectivity index (χ3n) is 3.51. The lowest BCUT2D eigenvalue weighted by Gasteiger charge is -2.27. The number of halogens is 1. The molecular weight excluding hydrogens is 322 g/mol. The number of nitrogens with zero attached hydrogens (tertiary/aromatic N) is 1. The number of benzene rings is 1. The molecule has 6 heteroatoms. The Hall–Kier alpha value is -1.40. The summed E-state index contributed by atoms with van der Waals surface area (Å²) in [6, 6.07) is 7.09. The minimum Gasteiger partial charge on any atom is -0.370 e. The van der Waals surface area contributed by atoms with Crippen LogP contribution in [0.3, 0.4) is 0 Å². The number of primary amides is 1. The predicted octanol–water partition coefficient (Wildman–Crippen LogP) is 1.32. The first-order valence-electron chi connectivity index (χ1n) is 6.59. The van der Waals surface area contributed by atoms with Crippen molar-refractivity contribution in [1.29, 1.82) is 0 Å². The molecule has 1 aliphatic heterocycles. The second-order valence-electron chi connectivity index (χ2n) is 5.02. The minimum absolute atomic E-state index is 0.0268. The number of nitrogens with two attached hydrogens (primary N) is 2. The summed E-state index contributed by atoms with van der Waals surface area (Å²) in [7, 11) is 0. The summed E-state index contributed by atoms with van der Waals surface area (Å²) in [4.78, 5) is 25.0. The lowest BCUT2D eigenvalue weighted by molar-refractivity contribution is -0.135. The molecule has 1 fully saturated rings. The van der Waals surface area contributed by atoms with Crippen LogP contribution in [0.1, 0.15) is 30.9 Å². The molecule has 2 unspecified atom stereocenters. The summed E-state index contributed by atoms with van der Waals surface area (Å²) >= 11 is 3.44. The molecule has 0 bridgehead atoms. The number of likely N-dealkylation sites (tertiary alicyclic amines) is 1. The maximum Gasteiger partial charge on any atom is 0.240 e. The highest BCUT2D eigenvalue weighted by molar-refractivity contribution is 9.10. The second-order valence-corrected chi connectivity index (χ2v) is 5.94. The van der Waals surface area contributed by atoms with E-state index < -0.39 is 11.9 Å². The fraction of sp³-hybridized carbons (Fsp3) is 0.429. The van der Waals surface area contributed by atoms with E-state index in [1.807, 2.05) is 24.3 Å². The molecule has 1 aromatic rings. The minimum atomic E-state index is -0.847. The molecule has 20 heavy (non-hydrogen) atoms. The normalized spacial score (nSPS) is 19.9. The highest BCUT2D eigenvalue weighted by atomic mass is 79.9. The van der Waals surface area contributed by atoms with E-state index in [0.717, 1.165) is 22.9 Å². The van der Waals surface area contributed by atoms with Gasteiger partial charge in [-0.3, -0.25) is 9.59 Å². The highest BCUT2D eigenvalue weighted by Gasteiger charge is 2.33. The largest absolute Gasteiger partial charge is 0.370 e. The van der Waals surface area contributed by atoms with Crippen LogP contribution >= 0.6 is 15.9 Å². The standard InChI is InChI=1S/C14H18BrN3O2/c15-10-4-1-3-9(7-10)12-5-2-6-18(12)14(20)11(16)8-13(17)19/h1,3-4,7,11-12H,2,5-6,8,16H2,(H2,17,19). The Morgan fingerprint density at radius 2 is 2.20 bits per heavy atom. The first kappa shape index (κ1) is 15.0. The molecule has 1 aliphatic rings. The van der Waals surface area contributed by atoms with Gasteiger partial charge in [0.25, 0.3) is 0 Å². The summed E-state index contributed by atoms with van der Waals surface area (Å²) in [5.41, 5.74) is 11.9. The smallest absolute Gasteiger partial charge is 0.240 e. The number of rotatable bonds is 4. The Labute approximate surface area is 126 Å². The maximum absolute atomic E-state index is 12.3. The van der Waals surface area contributed by atoms with Crippen molar-refractivity contribution < 1.29 is 9.59 Å². The number of hydrogen-bond donors (Lipinski definition) is 2. The van der Waals surface area contributed by atoms with Gasteiger partial charge in [-0.1, -0.05) is 28.1 Å². The average Bonchev–Trinajstić information content (AvgIpc) is 2.86. The van der Waals surface area contributed by atoms with E-state index in [4.69, 9.17) is 11.5 Å². The average molecular weight is 340 g/mol. The van der Waals surface area contributed by atoms with Gasteiger partial charge < -0.3 is 16.4 Å². The van der Waals surface area contributed by atoms with Crippen molar-refractivity contribution in [2.45, 2.75) is 31.3 Å². The third-order valence-corrected chi connectivity index (χ3v) is 4.00. The third kappa shape index (κ3) is 3.37. The molecule has 2 atom stereocenters. The van der Waals surface area contributed by atoms with Gasteiger partial charge in [0.05, 0.1) is 18.5 Å². The fourth-order valence-electron chi connectivity index (χ4n) is 2.61. The summed E-state index contributed by atoms with van der Waals surface area (Å²) in [6.45, 7) is 0.669. The van der Waals surface area contributed by atoms with Crippen molar-refractivity contribution >= 4 is 27.7 Å². The van der Waals surface area contributed by atoms with E-state index in [0.29, 0.717) is 6.54 Å². The van der Waals surface area contributed by atoms with Gasteiger partial charge in [0.1, 0.15) is 0 Å². The fourth-order valence-corrected chi connectivity index (χ4v) is 3.02. The Morgan fingerprint density at radius 1 is 1.45 bits per heavy atom. The number of carbonyl (C=O) groups excluding carboxylic acids is 2. The van der Waals surface area contributed by atoms with Gasteiger partial charge in [0, 0.05) is 11.0 Å². The molecule has 108 valence electrons. The van der Waals surface area contributed by atoms with E-state index in [-0.39, 0.29) is 18.4 Å². The lowest BCUT2D eigenvalue weighted by atomic mass is 10.0. The van der Waals surface area contributed by atoms with E-state index in [1.54, 1.807) is 4.90 Å². The maximum atomic E-state index is 12.3. The zero-order chi connectivity index (χ0) is 14.7. The lowest BCUT2D eigenvalue weighted by Crippen LogP contribution is -2.45. The number of amides is 2. The Morgan fingerprint density at radius 3 is 2.85 bits per heavy atom. The van der Waals surface area contributed by atoms with Crippen molar-refractivity contribution in [2.24, 2.45) is 11.5 Å². The van der Waals surface area contributed by atoms with E-state index in [2.05, 4.69) is 15.9 Å². The van der Waals surface area contributed by atoms with Gasteiger partial charge >= 0.3 is 0 Å². The van der Waals surface area contributed by atoms with Crippen molar-refractivity contribution in [3.05, 3.63) is 34.3 Å². The first-order valence-corrected chi connectivity index (χ1v) is 7.38. The Balaban J connectivity index is 2.15. The topological polar surface area (TPSA) is 89.4 Å². The molecule has 0 aliphatic carbocycles. The first-order chi connectivity index (χ1) is 9.49. The van der Waals surface area contributed by atoms with Crippen LogP contribution in [0.4, 0.5) is 0 Å². The molecule has 1 heterocycles.